The van der Waals surface area contributed by atoms with Crippen LogP contribution in [0.25, 0.3) is 0 Å². The van der Waals surface area contributed by atoms with Crippen molar-refractivity contribution in [3.8, 4) is 11.5 Å². The average molecular weight is 613 g/mol. The molecular formula is C32H34Cl2O2Zr. The molecule has 0 saturated heterocycles. The van der Waals surface area contributed by atoms with E-state index in [1.807, 2.05) is 14.2 Å². The molecule has 0 heterocycles. The minimum atomic E-state index is -0.894. The van der Waals surface area contributed by atoms with Gasteiger partial charge in [0, 0.05) is 0 Å². The zero-order valence-electron chi connectivity index (χ0n) is 21.4. The molecule has 192 valence electrons. The van der Waals surface area contributed by atoms with Gasteiger partial charge in [-0.05, 0) is 0 Å². The number of halogens is 2. The van der Waals surface area contributed by atoms with Gasteiger partial charge in [0.05, 0.1) is 0 Å². The van der Waals surface area contributed by atoms with E-state index in [-0.39, 0.29) is 24.8 Å². The summed E-state index contributed by atoms with van der Waals surface area (Å²) in [7, 11) is 3.66. The minimum Gasteiger partial charge on any atom is -1.00 e. The number of para-hydroxylation sites is 2. The van der Waals surface area contributed by atoms with Crippen LogP contribution in [0.4, 0.5) is 0 Å². The summed E-state index contributed by atoms with van der Waals surface area (Å²) in [4.78, 5) is 0. The molecule has 2 aromatic rings. The average Bonchev–Trinajstić information content (AvgIpc) is 3.47. The van der Waals surface area contributed by atoms with Crippen LogP contribution in [-0.2, 0) is 23.2 Å². The van der Waals surface area contributed by atoms with Gasteiger partial charge in [-0.1, -0.05) is 0 Å². The number of fused-ring (bicyclic) bond motifs is 2. The molecule has 37 heavy (non-hydrogen) atoms. The van der Waals surface area contributed by atoms with Gasteiger partial charge in [-0.15, -0.1) is 0 Å². The van der Waals surface area contributed by atoms with Crippen LogP contribution >= 0.6 is 0 Å². The zero-order chi connectivity index (χ0) is 23.8. The molecule has 0 aliphatic heterocycles. The topological polar surface area (TPSA) is 18.5 Å². The first-order chi connectivity index (χ1) is 17.3. The molecule has 2 aromatic carbocycles. The summed E-state index contributed by atoms with van der Waals surface area (Å²) in [5.41, 5.74) is 6.34. The Bertz CT molecular complexity index is 1120. The standard InChI is InChI=1S/2C16H17O.2ClH.Zr/c2*1-17-16-9-5-4-8-15(16)14-10-12-6-2-3-7-13(12)11-14;;;/h2*2-6,8-10,13-14H,7,11H2,1H3;2*1H;/q;;;;+2/p-2. The molecule has 6 unspecified atom stereocenters. The number of benzene rings is 2. The molecule has 0 N–H and O–H groups in total. The monoisotopic (exact) mass is 610 g/mol. The van der Waals surface area contributed by atoms with Crippen molar-refractivity contribution in [3.05, 3.63) is 107 Å². The summed E-state index contributed by atoms with van der Waals surface area (Å²) < 4.78 is 13.2. The molecule has 4 aliphatic carbocycles. The Hall–Kier alpha value is -1.54. The minimum absolute atomic E-state index is 0. The van der Waals surface area contributed by atoms with E-state index in [4.69, 9.17) is 9.47 Å². The van der Waals surface area contributed by atoms with Crippen LogP contribution in [0, 0.1) is 11.8 Å². The third-order valence-corrected chi connectivity index (χ3v) is 14.1. The van der Waals surface area contributed by atoms with E-state index in [0.29, 0.717) is 30.9 Å². The van der Waals surface area contributed by atoms with Crippen molar-refractivity contribution >= 4 is 0 Å². The predicted octanol–water partition coefficient (Wildman–Crippen LogP) is 2.05. The third-order valence-electron chi connectivity index (χ3n) is 8.67. The molecule has 2 fully saturated rings. The normalized spacial score (nSPS) is 29.0. The van der Waals surface area contributed by atoms with Gasteiger partial charge in [0.2, 0.25) is 0 Å². The number of hydrogen-bond acceptors (Lipinski definition) is 2. The van der Waals surface area contributed by atoms with Gasteiger partial charge in [-0.3, -0.25) is 0 Å². The van der Waals surface area contributed by atoms with Crippen LogP contribution in [0.3, 0.4) is 0 Å². The van der Waals surface area contributed by atoms with Crippen LogP contribution < -0.4 is 34.3 Å². The van der Waals surface area contributed by atoms with Crippen LogP contribution in [-0.4, -0.2) is 14.2 Å². The van der Waals surface area contributed by atoms with E-state index in [9.17, 15) is 0 Å². The molecule has 2 saturated carbocycles. The maximum atomic E-state index is 5.88. The Morgan fingerprint density at radius 1 is 0.649 bits per heavy atom. The number of rotatable bonds is 6. The van der Waals surface area contributed by atoms with Crippen LogP contribution in [0.5, 0.6) is 11.5 Å². The van der Waals surface area contributed by atoms with Crippen molar-refractivity contribution in [2.45, 2.75) is 44.8 Å². The molecule has 2 nitrogen and oxygen atoms in total. The van der Waals surface area contributed by atoms with Crippen molar-refractivity contribution in [1.82, 2.24) is 0 Å². The number of hydrogen-bond donors (Lipinski definition) is 0. The summed E-state index contributed by atoms with van der Waals surface area (Å²) in [5.74, 6) is 4.68. The second-order valence-corrected chi connectivity index (χ2v) is 14.2. The quantitative estimate of drug-likeness (QED) is 0.498. The third kappa shape index (κ3) is 5.34. The molecule has 0 spiro atoms. The molecule has 4 aliphatic rings. The SMILES string of the molecule is COc1ccccc1C1CC2CC=CC=C2[CH]1[Zr+2][CH]1C2=CC=CCC2CC1c1ccccc1OC.[Cl-].[Cl-]. The smallest absolute Gasteiger partial charge is 1.00 e. The number of methoxy groups -OCH3 is 2. The van der Waals surface area contributed by atoms with E-state index in [1.54, 1.807) is 11.1 Å². The molecule has 5 heteroatoms. The first-order valence-electron chi connectivity index (χ1n) is 13.0. The summed E-state index contributed by atoms with van der Waals surface area (Å²) in [6.07, 6.45) is 19.3. The molecule has 0 amide bonds. The largest absolute Gasteiger partial charge is 1.00 e. The van der Waals surface area contributed by atoms with Gasteiger partial charge < -0.3 is 24.8 Å². The van der Waals surface area contributed by atoms with Crippen molar-refractivity contribution < 1.29 is 57.5 Å². The second-order valence-electron chi connectivity index (χ2n) is 10.3. The molecule has 0 bridgehead atoms. The fraction of sp³-hybridized carbons (Fsp3) is 0.375. The predicted molar refractivity (Wildman–Crippen MR) is 139 cm³/mol. The Kier molecular flexibility index (Phi) is 9.65. The van der Waals surface area contributed by atoms with Gasteiger partial charge in [0.1, 0.15) is 0 Å². The van der Waals surface area contributed by atoms with E-state index in [1.165, 1.54) is 36.8 Å². The van der Waals surface area contributed by atoms with E-state index in [2.05, 4.69) is 85.0 Å². The van der Waals surface area contributed by atoms with Gasteiger partial charge in [0.15, 0.2) is 0 Å². The fourth-order valence-electron chi connectivity index (χ4n) is 7.09. The number of ether oxygens (including phenoxy) is 2. The molecule has 0 aromatic heterocycles. The van der Waals surface area contributed by atoms with Crippen LogP contribution in [0.1, 0.15) is 48.6 Å². The van der Waals surface area contributed by atoms with Crippen molar-refractivity contribution in [2.75, 3.05) is 14.2 Å². The first-order valence-corrected chi connectivity index (χ1v) is 15.9. The van der Waals surface area contributed by atoms with Crippen molar-refractivity contribution in [3.63, 3.8) is 0 Å². The van der Waals surface area contributed by atoms with E-state index >= 15 is 0 Å². The fourth-order valence-corrected chi connectivity index (χ4v) is 13.3. The van der Waals surface area contributed by atoms with E-state index < -0.39 is 23.2 Å². The van der Waals surface area contributed by atoms with E-state index in [0.717, 1.165) is 11.5 Å². The Morgan fingerprint density at radius 3 is 1.51 bits per heavy atom. The molecule has 0 radical (unpaired) electrons. The maximum absolute atomic E-state index is 5.88. The van der Waals surface area contributed by atoms with Gasteiger partial charge in [-0.25, -0.2) is 0 Å². The number of allylic oxidation sites excluding steroid dienone is 8. The summed E-state index contributed by atoms with van der Waals surface area (Å²) in [6.45, 7) is 0. The van der Waals surface area contributed by atoms with Crippen LogP contribution in [0.15, 0.2) is 96.1 Å². The summed E-state index contributed by atoms with van der Waals surface area (Å²) in [6, 6.07) is 17.6. The Balaban J connectivity index is 0.00000160. The van der Waals surface area contributed by atoms with Gasteiger partial charge in [0.25, 0.3) is 0 Å². The van der Waals surface area contributed by atoms with Crippen molar-refractivity contribution in [1.29, 1.82) is 0 Å². The van der Waals surface area contributed by atoms with Crippen LogP contribution in [0.2, 0.25) is 7.25 Å². The molecular weight excluding hydrogens is 578 g/mol. The summed E-state index contributed by atoms with van der Waals surface area (Å²) in [5, 5.41) is 0. The second kappa shape index (κ2) is 12.5. The Morgan fingerprint density at radius 2 is 1.08 bits per heavy atom. The maximum Gasteiger partial charge on any atom is -1.00 e. The molecule has 6 atom stereocenters. The van der Waals surface area contributed by atoms with Gasteiger partial charge in [-0.2, -0.15) is 0 Å². The summed E-state index contributed by atoms with van der Waals surface area (Å²) >= 11 is -0.894. The van der Waals surface area contributed by atoms with Gasteiger partial charge >= 0.3 is 222 Å². The first kappa shape index (κ1) is 28.5. The molecule has 6 rings (SSSR count). The Labute approximate surface area is 245 Å². The zero-order valence-corrected chi connectivity index (χ0v) is 25.4. The van der Waals surface area contributed by atoms with Crippen molar-refractivity contribution in [2.24, 2.45) is 11.8 Å².